The predicted molar refractivity (Wildman–Crippen MR) is 95.4 cm³/mol. The van der Waals surface area contributed by atoms with E-state index in [2.05, 4.69) is 36.4 Å². The molecule has 0 spiro atoms. The zero-order chi connectivity index (χ0) is 17.4. The maximum absolute atomic E-state index is 9.96. The molecule has 0 radical (unpaired) electrons. The number of carbonyl (C=O) groups is 1. The first-order chi connectivity index (χ1) is 10.5. The molecule has 0 saturated carbocycles. The molecule has 2 N–H and O–H groups in total. The van der Waals surface area contributed by atoms with Crippen LogP contribution in [-0.2, 0) is 4.74 Å². The number of nitrogens with one attached hydrogen (secondary N) is 2. The lowest BCUT2D eigenvalue weighted by Gasteiger charge is -2.21. The number of ether oxygens (including phenoxy) is 1. The van der Waals surface area contributed by atoms with Crippen LogP contribution >= 0.6 is 0 Å². The van der Waals surface area contributed by atoms with Gasteiger partial charge in [-0.05, 0) is 38.8 Å². The average molecular weight is 318 g/mol. The minimum atomic E-state index is -0.157. The van der Waals surface area contributed by atoms with E-state index in [-0.39, 0.29) is 6.03 Å². The highest BCUT2D eigenvalue weighted by Crippen LogP contribution is 2.13. The van der Waals surface area contributed by atoms with Crippen molar-refractivity contribution < 1.29 is 9.53 Å². The number of amides is 2. The van der Waals surface area contributed by atoms with Crippen molar-refractivity contribution in [1.82, 2.24) is 15.5 Å². The van der Waals surface area contributed by atoms with Crippen LogP contribution in [0.15, 0.2) is 0 Å². The molecule has 1 aliphatic rings. The summed E-state index contributed by atoms with van der Waals surface area (Å²) >= 11 is 0. The van der Waals surface area contributed by atoms with Gasteiger partial charge in [0.1, 0.15) is 0 Å². The summed E-state index contributed by atoms with van der Waals surface area (Å²) in [4.78, 5) is 12.4. The van der Waals surface area contributed by atoms with Crippen LogP contribution in [0.2, 0.25) is 0 Å². The Morgan fingerprint density at radius 1 is 1.32 bits per heavy atom. The second-order valence-electron chi connectivity index (χ2n) is 5.53. The average Bonchev–Trinajstić information content (AvgIpc) is 3.07. The molecule has 22 heavy (non-hydrogen) atoms. The van der Waals surface area contributed by atoms with Gasteiger partial charge < -0.3 is 20.3 Å². The molecule has 1 fully saturated rings. The van der Waals surface area contributed by atoms with Crippen molar-refractivity contribution in [3.63, 3.8) is 0 Å². The van der Waals surface area contributed by atoms with Crippen LogP contribution in [0, 0.1) is 5.92 Å². The van der Waals surface area contributed by atoms with Crippen molar-refractivity contribution in [3.05, 3.63) is 0 Å². The van der Waals surface area contributed by atoms with Gasteiger partial charge in [-0.25, -0.2) is 4.79 Å². The van der Waals surface area contributed by atoms with Crippen molar-refractivity contribution >= 4 is 6.03 Å². The Bertz CT molecular complexity index is 238. The van der Waals surface area contributed by atoms with Crippen LogP contribution < -0.4 is 10.6 Å². The molecule has 2 amide bonds. The smallest absolute Gasteiger partial charge is 0.314 e. The predicted octanol–water partition coefficient (Wildman–Crippen LogP) is 3.10. The van der Waals surface area contributed by atoms with Gasteiger partial charge in [-0.3, -0.25) is 0 Å². The summed E-state index contributed by atoms with van der Waals surface area (Å²) in [6.07, 6.45) is 5.64. The summed E-state index contributed by atoms with van der Waals surface area (Å²) in [5.41, 5.74) is 0. The molecule has 1 heterocycles. The molecule has 2 atom stereocenters. The number of urea groups is 1. The van der Waals surface area contributed by atoms with Gasteiger partial charge in [0.15, 0.2) is 0 Å². The monoisotopic (exact) mass is 317 g/mol. The number of nitrogens with zero attached hydrogens (tertiary/aromatic N) is 1. The van der Waals surface area contributed by atoms with Crippen LogP contribution in [0.3, 0.4) is 0 Å². The molecule has 1 saturated heterocycles. The largest absolute Gasteiger partial charge is 0.377 e. The number of hydrogen-bond donors (Lipinski definition) is 2. The van der Waals surface area contributed by atoms with Gasteiger partial charge >= 0.3 is 6.03 Å². The number of likely N-dealkylation sites (N-methyl/N-ethyl adjacent to an activating group) is 1. The molecule has 0 bridgehead atoms. The molecule has 0 aromatic rings. The third-order valence-electron chi connectivity index (χ3n) is 3.69. The molecule has 5 nitrogen and oxygen atoms in total. The van der Waals surface area contributed by atoms with Gasteiger partial charge in [0.05, 0.1) is 6.10 Å². The Morgan fingerprint density at radius 3 is 2.27 bits per heavy atom. The highest BCUT2D eigenvalue weighted by molar-refractivity contribution is 5.72. The number of rotatable bonds is 6. The third-order valence-corrected chi connectivity index (χ3v) is 3.69. The van der Waals surface area contributed by atoms with E-state index in [1.807, 2.05) is 13.8 Å². The van der Waals surface area contributed by atoms with E-state index in [1.165, 1.54) is 32.2 Å². The molecule has 1 aliphatic heterocycles. The Balaban J connectivity index is 0. The van der Waals surface area contributed by atoms with E-state index in [9.17, 15) is 4.79 Å². The summed E-state index contributed by atoms with van der Waals surface area (Å²) in [6, 6.07) is -0.157. The molecule has 2 unspecified atom stereocenters. The lowest BCUT2D eigenvalue weighted by Crippen LogP contribution is -2.30. The zero-order valence-electron chi connectivity index (χ0n) is 15.9. The third kappa shape index (κ3) is 14.1. The first-order valence-corrected chi connectivity index (χ1v) is 8.73. The van der Waals surface area contributed by atoms with E-state index < -0.39 is 0 Å². The molecular formula is C17H39N3O2. The summed E-state index contributed by atoms with van der Waals surface area (Å²) in [5.74, 6) is 0.863. The Morgan fingerprint density at radius 2 is 1.91 bits per heavy atom. The molecule has 0 aliphatic carbocycles. The first kappa shape index (κ1) is 23.5. The minimum Gasteiger partial charge on any atom is -0.377 e. The fraction of sp³-hybridized carbons (Fsp3) is 0.941. The van der Waals surface area contributed by atoms with Gasteiger partial charge in [-0.15, -0.1) is 0 Å². The van der Waals surface area contributed by atoms with Crippen molar-refractivity contribution in [1.29, 1.82) is 0 Å². The van der Waals surface area contributed by atoms with Crippen molar-refractivity contribution in [2.45, 2.75) is 59.5 Å². The standard InChI is InChI=1S/C12H25NO.C3H8N2O.C2H6/c1-4-11(2)7-8-13(3)10-12-6-5-9-14-12;1-4-3(6)5-2;1-2/h11-12H,4-10H2,1-3H3;1-2H3,(H2,4,5,6);1-2H3. The van der Waals surface area contributed by atoms with Gasteiger partial charge in [0, 0.05) is 27.2 Å². The fourth-order valence-electron chi connectivity index (χ4n) is 2.00. The topological polar surface area (TPSA) is 53.6 Å². The first-order valence-electron chi connectivity index (χ1n) is 8.73. The van der Waals surface area contributed by atoms with Crippen LogP contribution in [-0.4, -0.2) is 57.9 Å². The number of carbonyl (C=O) groups excluding carboxylic acids is 1. The summed E-state index contributed by atoms with van der Waals surface area (Å²) in [6.45, 7) is 11.9. The second kappa shape index (κ2) is 16.6. The maximum Gasteiger partial charge on any atom is 0.314 e. The molecule has 5 heteroatoms. The Hall–Kier alpha value is -0.810. The number of hydrogen-bond acceptors (Lipinski definition) is 3. The quantitative estimate of drug-likeness (QED) is 0.791. The van der Waals surface area contributed by atoms with Gasteiger partial charge in [0.2, 0.25) is 0 Å². The Labute approximate surface area is 138 Å². The zero-order valence-corrected chi connectivity index (χ0v) is 15.9. The van der Waals surface area contributed by atoms with Gasteiger partial charge in [0.25, 0.3) is 0 Å². The SMILES string of the molecule is CC.CCC(C)CCN(C)CC1CCCO1.CNC(=O)NC. The van der Waals surface area contributed by atoms with E-state index in [1.54, 1.807) is 14.1 Å². The fourth-order valence-corrected chi connectivity index (χ4v) is 2.00. The van der Waals surface area contributed by atoms with Crippen LogP contribution in [0.1, 0.15) is 53.4 Å². The normalized spacial score (nSPS) is 17.7. The van der Waals surface area contributed by atoms with Crippen molar-refractivity contribution in [2.75, 3.05) is 40.8 Å². The molecular weight excluding hydrogens is 278 g/mol. The van der Waals surface area contributed by atoms with Crippen LogP contribution in [0.5, 0.6) is 0 Å². The molecule has 134 valence electrons. The molecule has 1 rings (SSSR count). The van der Waals surface area contributed by atoms with E-state index in [0.717, 1.165) is 19.1 Å². The van der Waals surface area contributed by atoms with Crippen molar-refractivity contribution in [2.24, 2.45) is 5.92 Å². The summed E-state index contributed by atoms with van der Waals surface area (Å²) in [5, 5.41) is 4.73. The van der Waals surface area contributed by atoms with E-state index in [0.29, 0.717) is 6.10 Å². The summed E-state index contributed by atoms with van der Waals surface area (Å²) < 4.78 is 5.62. The molecule has 0 aromatic carbocycles. The summed E-state index contributed by atoms with van der Waals surface area (Å²) in [7, 11) is 5.35. The highest BCUT2D eigenvalue weighted by atomic mass is 16.5. The van der Waals surface area contributed by atoms with E-state index in [4.69, 9.17) is 4.74 Å². The van der Waals surface area contributed by atoms with Gasteiger partial charge in [-0.1, -0.05) is 34.1 Å². The van der Waals surface area contributed by atoms with E-state index >= 15 is 0 Å². The van der Waals surface area contributed by atoms with Crippen LogP contribution in [0.25, 0.3) is 0 Å². The maximum atomic E-state index is 9.96. The Kier molecular flexibility index (Phi) is 17.7. The lowest BCUT2D eigenvalue weighted by molar-refractivity contribution is 0.0797. The molecule has 0 aromatic heterocycles. The minimum absolute atomic E-state index is 0.157. The lowest BCUT2D eigenvalue weighted by atomic mass is 10.1. The van der Waals surface area contributed by atoms with Crippen LogP contribution in [0.4, 0.5) is 4.79 Å². The van der Waals surface area contributed by atoms with Crippen molar-refractivity contribution in [3.8, 4) is 0 Å². The second-order valence-corrected chi connectivity index (χ2v) is 5.53. The highest BCUT2D eigenvalue weighted by Gasteiger charge is 2.17. The van der Waals surface area contributed by atoms with Gasteiger partial charge in [-0.2, -0.15) is 0 Å².